The first-order chi connectivity index (χ1) is 12.1. The molecule has 0 aromatic heterocycles. The maximum atomic E-state index is 12.4. The normalized spacial score (nSPS) is 16.2. The molecule has 1 fully saturated rings. The highest BCUT2D eigenvalue weighted by atomic mass is 16.6. The summed E-state index contributed by atoms with van der Waals surface area (Å²) in [5, 5.41) is 13.7. The lowest BCUT2D eigenvalue weighted by Crippen LogP contribution is -2.44. The van der Waals surface area contributed by atoms with E-state index in [1.54, 1.807) is 0 Å². The molecule has 3 rings (SSSR count). The summed E-state index contributed by atoms with van der Waals surface area (Å²) < 4.78 is 5.50. The van der Waals surface area contributed by atoms with Crippen molar-refractivity contribution >= 4 is 11.6 Å². The van der Waals surface area contributed by atoms with Crippen LogP contribution in [0.5, 0.6) is 0 Å². The Morgan fingerprint density at radius 1 is 1.08 bits per heavy atom. The number of nitro benzene ring substituents is 1. The highest BCUT2D eigenvalue weighted by Gasteiger charge is 2.34. The van der Waals surface area contributed by atoms with Crippen LogP contribution < -0.4 is 5.32 Å². The van der Waals surface area contributed by atoms with Crippen LogP contribution in [0.15, 0.2) is 54.6 Å². The van der Waals surface area contributed by atoms with E-state index in [1.807, 2.05) is 18.2 Å². The first-order valence-electron chi connectivity index (χ1n) is 8.27. The lowest BCUT2D eigenvalue weighted by Gasteiger charge is -2.38. The van der Waals surface area contributed by atoms with Gasteiger partial charge in [0, 0.05) is 42.9 Å². The minimum absolute atomic E-state index is 0.0262. The zero-order chi connectivity index (χ0) is 17.7. The summed E-state index contributed by atoms with van der Waals surface area (Å²) in [6.07, 6.45) is 1.69. The van der Waals surface area contributed by atoms with Gasteiger partial charge in [-0.05, 0) is 30.5 Å². The van der Waals surface area contributed by atoms with Crippen LogP contribution >= 0.6 is 0 Å². The lowest BCUT2D eigenvalue weighted by atomic mass is 9.74. The fraction of sp³-hybridized carbons (Fsp3) is 0.316. The van der Waals surface area contributed by atoms with Crippen molar-refractivity contribution in [2.75, 3.05) is 19.8 Å². The number of hydrogen-bond donors (Lipinski definition) is 1. The predicted octanol–water partition coefficient (Wildman–Crippen LogP) is 3.07. The molecule has 2 aromatic rings. The number of amides is 1. The second-order valence-electron chi connectivity index (χ2n) is 6.25. The van der Waals surface area contributed by atoms with Gasteiger partial charge in [0.1, 0.15) is 0 Å². The molecule has 0 atom stereocenters. The van der Waals surface area contributed by atoms with Crippen LogP contribution in [-0.4, -0.2) is 30.6 Å². The molecule has 6 nitrogen and oxygen atoms in total. The van der Waals surface area contributed by atoms with Crippen molar-refractivity contribution in [3.8, 4) is 0 Å². The number of benzene rings is 2. The van der Waals surface area contributed by atoms with Gasteiger partial charge in [0.2, 0.25) is 0 Å². The van der Waals surface area contributed by atoms with Crippen LogP contribution in [0.25, 0.3) is 0 Å². The van der Waals surface area contributed by atoms with Gasteiger partial charge in [-0.3, -0.25) is 14.9 Å². The summed E-state index contributed by atoms with van der Waals surface area (Å²) in [6.45, 7) is 1.85. The molecule has 130 valence electrons. The van der Waals surface area contributed by atoms with Gasteiger partial charge in [-0.1, -0.05) is 30.3 Å². The second-order valence-corrected chi connectivity index (χ2v) is 6.25. The summed E-state index contributed by atoms with van der Waals surface area (Å²) in [5.74, 6) is -0.225. The van der Waals surface area contributed by atoms with Crippen molar-refractivity contribution in [1.29, 1.82) is 0 Å². The number of rotatable bonds is 5. The van der Waals surface area contributed by atoms with E-state index in [4.69, 9.17) is 4.74 Å². The zero-order valence-corrected chi connectivity index (χ0v) is 13.8. The monoisotopic (exact) mass is 340 g/mol. The third-order valence-corrected chi connectivity index (χ3v) is 4.76. The Morgan fingerprint density at radius 3 is 2.32 bits per heavy atom. The van der Waals surface area contributed by atoms with Crippen molar-refractivity contribution in [2.24, 2.45) is 0 Å². The second kappa shape index (κ2) is 7.44. The maximum absolute atomic E-state index is 12.4. The molecule has 0 spiro atoms. The van der Waals surface area contributed by atoms with Crippen LogP contribution in [0, 0.1) is 10.1 Å². The van der Waals surface area contributed by atoms with Crippen LogP contribution in [0.4, 0.5) is 5.69 Å². The number of non-ortho nitro benzene ring substituents is 1. The minimum Gasteiger partial charge on any atom is -0.381 e. The van der Waals surface area contributed by atoms with E-state index in [-0.39, 0.29) is 17.0 Å². The van der Waals surface area contributed by atoms with Gasteiger partial charge < -0.3 is 10.1 Å². The van der Waals surface area contributed by atoms with Gasteiger partial charge in [-0.25, -0.2) is 0 Å². The minimum atomic E-state index is -0.478. The molecular weight excluding hydrogens is 320 g/mol. The topological polar surface area (TPSA) is 81.5 Å². The highest BCUT2D eigenvalue weighted by Crippen LogP contribution is 2.34. The van der Waals surface area contributed by atoms with Crippen molar-refractivity contribution in [3.63, 3.8) is 0 Å². The molecule has 0 aliphatic carbocycles. The van der Waals surface area contributed by atoms with Crippen molar-refractivity contribution < 1.29 is 14.5 Å². The Balaban J connectivity index is 1.72. The van der Waals surface area contributed by atoms with Gasteiger partial charge in [0.05, 0.1) is 4.92 Å². The molecule has 6 heteroatoms. The van der Waals surface area contributed by atoms with Crippen molar-refractivity contribution in [2.45, 2.75) is 18.3 Å². The number of hydrogen-bond acceptors (Lipinski definition) is 4. The van der Waals surface area contributed by atoms with Gasteiger partial charge in [-0.2, -0.15) is 0 Å². The molecule has 1 heterocycles. The average Bonchev–Trinajstić information content (AvgIpc) is 2.67. The van der Waals surface area contributed by atoms with E-state index in [0.29, 0.717) is 25.3 Å². The fourth-order valence-electron chi connectivity index (χ4n) is 3.21. The van der Waals surface area contributed by atoms with Gasteiger partial charge in [0.25, 0.3) is 11.6 Å². The van der Waals surface area contributed by atoms with Crippen LogP contribution in [0.2, 0.25) is 0 Å². The summed E-state index contributed by atoms with van der Waals surface area (Å²) >= 11 is 0. The van der Waals surface area contributed by atoms with Crippen LogP contribution in [-0.2, 0) is 10.2 Å². The predicted molar refractivity (Wildman–Crippen MR) is 93.6 cm³/mol. The first-order valence-corrected chi connectivity index (χ1v) is 8.27. The molecule has 0 bridgehead atoms. The summed E-state index contributed by atoms with van der Waals surface area (Å²) in [4.78, 5) is 22.7. The van der Waals surface area contributed by atoms with E-state index in [9.17, 15) is 14.9 Å². The molecule has 0 radical (unpaired) electrons. The number of nitrogens with one attached hydrogen (secondary N) is 1. The zero-order valence-electron chi connectivity index (χ0n) is 13.8. The van der Waals surface area contributed by atoms with Crippen LogP contribution in [0.1, 0.15) is 28.8 Å². The van der Waals surface area contributed by atoms with Crippen LogP contribution in [0.3, 0.4) is 0 Å². The molecule has 1 amide bonds. The Hall–Kier alpha value is -2.73. The molecule has 1 saturated heterocycles. The summed E-state index contributed by atoms with van der Waals surface area (Å²) in [6, 6.07) is 15.8. The molecular formula is C19H20N2O4. The van der Waals surface area contributed by atoms with E-state index in [1.165, 1.54) is 29.8 Å². The van der Waals surface area contributed by atoms with Crippen molar-refractivity contribution in [1.82, 2.24) is 5.32 Å². The number of carbonyl (C=O) groups excluding carboxylic acids is 1. The lowest BCUT2D eigenvalue weighted by molar-refractivity contribution is -0.384. The first kappa shape index (κ1) is 17.1. The Bertz CT molecular complexity index is 738. The molecule has 25 heavy (non-hydrogen) atoms. The smallest absolute Gasteiger partial charge is 0.269 e. The average molecular weight is 340 g/mol. The maximum Gasteiger partial charge on any atom is 0.269 e. The number of ether oxygens (including phenoxy) is 1. The Kier molecular flexibility index (Phi) is 5.09. The van der Waals surface area contributed by atoms with Crippen molar-refractivity contribution in [3.05, 3.63) is 75.8 Å². The number of nitrogens with zero attached hydrogens (tertiary/aromatic N) is 1. The SMILES string of the molecule is O=C(NCC1(c2ccccc2)CCOCC1)c1ccc([N+](=O)[O-])cc1. The van der Waals surface area contributed by atoms with Gasteiger partial charge in [-0.15, -0.1) is 0 Å². The number of carbonyl (C=O) groups is 1. The summed E-state index contributed by atoms with van der Waals surface area (Å²) in [7, 11) is 0. The standard InChI is InChI=1S/C19H20N2O4/c22-18(15-6-8-17(9-7-15)21(23)24)20-14-19(10-12-25-13-11-19)16-4-2-1-3-5-16/h1-9H,10-14H2,(H,20,22). The van der Waals surface area contributed by atoms with E-state index in [2.05, 4.69) is 17.4 Å². The molecule has 2 aromatic carbocycles. The number of nitro groups is 1. The van der Waals surface area contributed by atoms with Gasteiger partial charge >= 0.3 is 0 Å². The largest absolute Gasteiger partial charge is 0.381 e. The third kappa shape index (κ3) is 3.85. The molecule has 1 N–H and O–H groups in total. The van der Waals surface area contributed by atoms with E-state index in [0.717, 1.165) is 12.8 Å². The third-order valence-electron chi connectivity index (χ3n) is 4.76. The summed E-state index contributed by atoms with van der Waals surface area (Å²) in [5.41, 5.74) is 1.44. The quantitative estimate of drug-likeness (QED) is 0.670. The van der Waals surface area contributed by atoms with Gasteiger partial charge in [0.15, 0.2) is 0 Å². The highest BCUT2D eigenvalue weighted by molar-refractivity contribution is 5.94. The van der Waals surface area contributed by atoms with E-state index < -0.39 is 4.92 Å². The molecule has 0 unspecified atom stereocenters. The van der Waals surface area contributed by atoms with E-state index >= 15 is 0 Å². The fourth-order valence-corrected chi connectivity index (χ4v) is 3.21. The molecule has 1 aliphatic rings. The molecule has 1 aliphatic heterocycles. The Labute approximate surface area is 146 Å². The Morgan fingerprint density at radius 2 is 1.72 bits per heavy atom. The molecule has 0 saturated carbocycles.